The van der Waals surface area contributed by atoms with E-state index in [9.17, 15) is 22.8 Å². The second-order valence-corrected chi connectivity index (χ2v) is 6.70. The third-order valence-electron chi connectivity index (χ3n) is 4.59. The SMILES string of the molecule is COC(=O)C1(C)CN(C(=O)Nc2ccc(C(F)(F)F)cc2)N=C1c1ccccc1. The van der Waals surface area contributed by atoms with Gasteiger partial charge in [0.1, 0.15) is 5.41 Å². The van der Waals surface area contributed by atoms with Gasteiger partial charge in [0.25, 0.3) is 0 Å². The average molecular weight is 405 g/mol. The normalized spacial score (nSPS) is 18.9. The number of nitrogens with zero attached hydrogens (tertiary/aromatic N) is 2. The van der Waals surface area contributed by atoms with E-state index in [1.165, 1.54) is 7.11 Å². The number of anilines is 1. The fourth-order valence-electron chi connectivity index (χ4n) is 3.05. The Morgan fingerprint density at radius 2 is 1.72 bits per heavy atom. The highest BCUT2D eigenvalue weighted by atomic mass is 19.4. The summed E-state index contributed by atoms with van der Waals surface area (Å²) in [6.45, 7) is 1.55. The molecule has 0 radical (unpaired) electrons. The maximum atomic E-state index is 12.7. The lowest BCUT2D eigenvalue weighted by molar-refractivity contribution is -0.147. The lowest BCUT2D eigenvalue weighted by atomic mass is 9.82. The largest absolute Gasteiger partial charge is 0.468 e. The van der Waals surface area contributed by atoms with Gasteiger partial charge in [-0.25, -0.2) is 9.80 Å². The molecule has 1 aliphatic heterocycles. The summed E-state index contributed by atoms with van der Waals surface area (Å²) in [5.41, 5.74) is -0.809. The third-order valence-corrected chi connectivity index (χ3v) is 4.59. The number of alkyl halides is 3. The summed E-state index contributed by atoms with van der Waals surface area (Å²) in [5.74, 6) is -0.551. The summed E-state index contributed by atoms with van der Waals surface area (Å²) in [6.07, 6.45) is -4.46. The Hall–Kier alpha value is -3.36. The molecule has 0 bridgehead atoms. The summed E-state index contributed by atoms with van der Waals surface area (Å²) in [5, 5.41) is 7.85. The van der Waals surface area contributed by atoms with Crippen LogP contribution in [0.25, 0.3) is 0 Å². The van der Waals surface area contributed by atoms with Gasteiger partial charge < -0.3 is 10.1 Å². The second kappa shape index (κ2) is 7.57. The highest BCUT2D eigenvalue weighted by molar-refractivity contribution is 6.17. The minimum Gasteiger partial charge on any atom is -0.468 e. The minimum atomic E-state index is -4.46. The molecule has 152 valence electrons. The number of methoxy groups -OCH3 is 1. The van der Waals surface area contributed by atoms with E-state index in [-0.39, 0.29) is 12.2 Å². The van der Waals surface area contributed by atoms with E-state index in [0.717, 1.165) is 29.3 Å². The molecule has 1 unspecified atom stereocenters. The van der Waals surface area contributed by atoms with E-state index < -0.39 is 29.2 Å². The number of urea groups is 1. The first-order valence-corrected chi connectivity index (χ1v) is 8.64. The van der Waals surface area contributed by atoms with E-state index in [1.54, 1.807) is 31.2 Å². The monoisotopic (exact) mass is 405 g/mol. The summed E-state index contributed by atoms with van der Waals surface area (Å²) in [7, 11) is 1.25. The first-order valence-electron chi connectivity index (χ1n) is 8.64. The van der Waals surface area contributed by atoms with E-state index >= 15 is 0 Å². The molecule has 1 heterocycles. The number of hydrazone groups is 1. The van der Waals surface area contributed by atoms with Crippen LogP contribution in [0.5, 0.6) is 0 Å². The number of benzene rings is 2. The fourth-order valence-corrected chi connectivity index (χ4v) is 3.05. The first-order chi connectivity index (χ1) is 13.6. The van der Waals surface area contributed by atoms with Crippen LogP contribution in [0.4, 0.5) is 23.7 Å². The molecular formula is C20H18F3N3O3. The van der Waals surface area contributed by atoms with Crippen molar-refractivity contribution in [3.63, 3.8) is 0 Å². The zero-order valence-electron chi connectivity index (χ0n) is 15.7. The summed E-state index contributed by atoms with van der Waals surface area (Å²) in [4.78, 5) is 25.0. The molecular weight excluding hydrogens is 387 g/mol. The Kier molecular flexibility index (Phi) is 5.32. The van der Waals surface area contributed by atoms with E-state index in [2.05, 4.69) is 10.4 Å². The van der Waals surface area contributed by atoms with Crippen molar-refractivity contribution in [1.29, 1.82) is 0 Å². The van der Waals surface area contributed by atoms with Gasteiger partial charge in [0, 0.05) is 5.69 Å². The molecule has 0 aliphatic carbocycles. The van der Waals surface area contributed by atoms with E-state index in [4.69, 9.17) is 4.74 Å². The Balaban J connectivity index is 1.84. The molecule has 6 nitrogen and oxygen atoms in total. The molecule has 1 aliphatic rings. The number of carbonyl (C=O) groups excluding carboxylic acids is 2. The lowest BCUT2D eigenvalue weighted by Gasteiger charge is -2.23. The Morgan fingerprint density at radius 3 is 2.28 bits per heavy atom. The predicted octanol–water partition coefficient (Wildman–Crippen LogP) is 4.14. The molecule has 0 saturated heterocycles. The number of nitrogens with one attached hydrogen (secondary N) is 1. The average Bonchev–Trinajstić information content (AvgIpc) is 3.06. The Labute approximate surface area is 165 Å². The van der Waals surface area contributed by atoms with Crippen molar-refractivity contribution >= 4 is 23.4 Å². The first kappa shape index (κ1) is 20.4. The molecule has 9 heteroatoms. The zero-order valence-corrected chi connectivity index (χ0v) is 15.7. The van der Waals surface area contributed by atoms with Crippen LogP contribution in [-0.4, -0.2) is 36.4 Å². The van der Waals surface area contributed by atoms with Gasteiger partial charge >= 0.3 is 18.2 Å². The van der Waals surface area contributed by atoms with Crippen LogP contribution in [0.2, 0.25) is 0 Å². The molecule has 2 amide bonds. The van der Waals surface area contributed by atoms with Crippen LogP contribution < -0.4 is 5.32 Å². The van der Waals surface area contributed by atoms with Crippen molar-refractivity contribution in [2.24, 2.45) is 10.5 Å². The van der Waals surface area contributed by atoms with Gasteiger partial charge in [0.2, 0.25) is 0 Å². The number of amides is 2. The Morgan fingerprint density at radius 1 is 1.10 bits per heavy atom. The van der Waals surface area contributed by atoms with Crippen LogP contribution in [0.1, 0.15) is 18.1 Å². The van der Waals surface area contributed by atoms with Crippen molar-refractivity contribution in [1.82, 2.24) is 5.01 Å². The quantitative estimate of drug-likeness (QED) is 0.781. The minimum absolute atomic E-state index is 0.0730. The molecule has 0 saturated carbocycles. The number of halogens is 3. The van der Waals surface area contributed by atoms with Crippen LogP contribution in [0.15, 0.2) is 59.7 Å². The summed E-state index contributed by atoms with van der Waals surface area (Å²) >= 11 is 0. The van der Waals surface area contributed by atoms with Gasteiger partial charge in [-0.1, -0.05) is 30.3 Å². The fraction of sp³-hybridized carbons (Fsp3) is 0.250. The van der Waals surface area contributed by atoms with Crippen LogP contribution >= 0.6 is 0 Å². The van der Waals surface area contributed by atoms with Crippen molar-refractivity contribution in [2.45, 2.75) is 13.1 Å². The summed E-state index contributed by atoms with van der Waals surface area (Å²) in [6, 6.07) is 12.3. The zero-order chi connectivity index (χ0) is 21.2. The van der Waals surface area contributed by atoms with Gasteiger partial charge in [-0.05, 0) is 36.8 Å². The molecule has 0 spiro atoms. The van der Waals surface area contributed by atoms with Gasteiger partial charge in [-0.2, -0.15) is 18.3 Å². The predicted molar refractivity (Wildman–Crippen MR) is 100 cm³/mol. The maximum absolute atomic E-state index is 12.7. The number of carbonyl (C=O) groups is 2. The van der Waals surface area contributed by atoms with Crippen LogP contribution in [0, 0.1) is 5.41 Å². The molecule has 2 aromatic rings. The molecule has 1 N–H and O–H groups in total. The van der Waals surface area contributed by atoms with Gasteiger partial charge in [0.15, 0.2) is 0 Å². The number of rotatable bonds is 3. The molecule has 29 heavy (non-hydrogen) atoms. The molecule has 0 aromatic heterocycles. The molecule has 3 rings (SSSR count). The van der Waals surface area contributed by atoms with Crippen LogP contribution in [-0.2, 0) is 15.7 Å². The maximum Gasteiger partial charge on any atom is 0.416 e. The van der Waals surface area contributed by atoms with E-state index in [1.807, 2.05) is 6.07 Å². The van der Waals surface area contributed by atoms with Crippen molar-refractivity contribution < 1.29 is 27.5 Å². The van der Waals surface area contributed by atoms with Gasteiger partial charge in [-0.3, -0.25) is 4.79 Å². The summed E-state index contributed by atoms with van der Waals surface area (Å²) < 4.78 is 42.9. The topological polar surface area (TPSA) is 71.0 Å². The van der Waals surface area contributed by atoms with Gasteiger partial charge in [-0.15, -0.1) is 0 Å². The van der Waals surface area contributed by atoms with Crippen LogP contribution in [0.3, 0.4) is 0 Å². The highest BCUT2D eigenvalue weighted by Gasteiger charge is 2.48. The lowest BCUT2D eigenvalue weighted by Crippen LogP contribution is -2.42. The number of ether oxygens (including phenoxy) is 1. The van der Waals surface area contributed by atoms with Crippen molar-refractivity contribution in [2.75, 3.05) is 19.0 Å². The van der Waals surface area contributed by atoms with E-state index in [0.29, 0.717) is 11.3 Å². The van der Waals surface area contributed by atoms with Gasteiger partial charge in [0.05, 0.1) is 24.9 Å². The third kappa shape index (κ3) is 4.08. The second-order valence-electron chi connectivity index (χ2n) is 6.70. The molecule has 0 fully saturated rings. The number of esters is 1. The van der Waals surface area contributed by atoms with Crippen molar-refractivity contribution in [3.8, 4) is 0 Å². The Bertz CT molecular complexity index is 943. The number of hydrogen-bond donors (Lipinski definition) is 1. The molecule has 1 atom stereocenters. The smallest absolute Gasteiger partial charge is 0.416 e. The van der Waals surface area contributed by atoms with Crippen molar-refractivity contribution in [3.05, 3.63) is 65.7 Å². The highest BCUT2D eigenvalue weighted by Crippen LogP contribution is 2.33. The number of hydrogen-bond acceptors (Lipinski definition) is 4. The molecule has 2 aromatic carbocycles. The standard InChI is InChI=1S/C20H18F3N3O3/c1-19(17(27)29-2)12-26(25-16(19)13-6-4-3-5-7-13)18(28)24-15-10-8-14(9-11-15)20(21,22)23/h3-11H,12H2,1-2H3,(H,24,28).